The first-order valence-corrected chi connectivity index (χ1v) is 7.80. The smallest absolute Gasteiger partial charge is 0.247 e. The van der Waals surface area contributed by atoms with Crippen LogP contribution in [0.2, 0.25) is 0 Å². The van der Waals surface area contributed by atoms with Gasteiger partial charge in [0.2, 0.25) is 5.91 Å². The molecule has 0 aliphatic rings. The van der Waals surface area contributed by atoms with E-state index in [1.165, 1.54) is 29.4 Å². The summed E-state index contributed by atoms with van der Waals surface area (Å²) in [5, 5.41) is 0. The van der Waals surface area contributed by atoms with Crippen molar-refractivity contribution in [2.75, 3.05) is 7.05 Å². The minimum Gasteiger partial charge on any atom is -0.465 e. The topological polar surface area (TPSA) is 46.3 Å². The van der Waals surface area contributed by atoms with Crippen LogP contribution in [0.5, 0.6) is 0 Å². The predicted molar refractivity (Wildman–Crippen MR) is 93.0 cm³/mol. The molecule has 0 unspecified atom stereocenters. The molecule has 1 atom stereocenters. The van der Waals surface area contributed by atoms with Crippen molar-refractivity contribution in [3.05, 3.63) is 96.0 Å². The second-order valence-electron chi connectivity index (χ2n) is 5.51. The Bertz CT molecular complexity index is 860. The standard InChI is InChI=1S/C20H17FN2O2/c1-23(19(24)11-10-17-8-5-13-25-17)20(18-9-2-3-12-22-18)15-6-4-7-16(21)14-15/h2-14,20H,1H3/b11-10+/t20-/m1/s1. The number of amides is 1. The van der Waals surface area contributed by atoms with Gasteiger partial charge in [0, 0.05) is 19.3 Å². The van der Waals surface area contributed by atoms with Gasteiger partial charge in [-0.25, -0.2) is 4.39 Å². The van der Waals surface area contributed by atoms with E-state index in [1.54, 1.807) is 49.7 Å². The fourth-order valence-corrected chi connectivity index (χ4v) is 2.59. The molecule has 3 rings (SSSR count). The van der Waals surface area contributed by atoms with Crippen LogP contribution in [-0.2, 0) is 4.79 Å². The van der Waals surface area contributed by atoms with Crippen LogP contribution >= 0.6 is 0 Å². The molecule has 3 aromatic rings. The van der Waals surface area contributed by atoms with Gasteiger partial charge in [-0.1, -0.05) is 18.2 Å². The number of hydrogen-bond donors (Lipinski definition) is 0. The number of nitrogens with zero attached hydrogens (tertiary/aromatic N) is 2. The average Bonchev–Trinajstić information content (AvgIpc) is 3.14. The van der Waals surface area contributed by atoms with E-state index < -0.39 is 6.04 Å². The summed E-state index contributed by atoms with van der Waals surface area (Å²) < 4.78 is 18.9. The number of likely N-dealkylation sites (N-methyl/N-ethyl adjacent to an activating group) is 1. The van der Waals surface area contributed by atoms with Crippen LogP contribution in [-0.4, -0.2) is 22.8 Å². The third kappa shape index (κ3) is 4.01. The molecular weight excluding hydrogens is 319 g/mol. The summed E-state index contributed by atoms with van der Waals surface area (Å²) in [5.74, 6) is -0.0105. The lowest BCUT2D eigenvalue weighted by Gasteiger charge is -2.27. The van der Waals surface area contributed by atoms with Crippen molar-refractivity contribution in [3.63, 3.8) is 0 Å². The van der Waals surface area contributed by atoms with E-state index in [2.05, 4.69) is 4.98 Å². The fraction of sp³-hybridized carbons (Fsp3) is 0.100. The number of aromatic nitrogens is 1. The van der Waals surface area contributed by atoms with Crippen molar-refractivity contribution >= 4 is 12.0 Å². The van der Waals surface area contributed by atoms with Crippen LogP contribution in [0.15, 0.2) is 77.6 Å². The van der Waals surface area contributed by atoms with Crippen LogP contribution in [0.4, 0.5) is 4.39 Å². The Morgan fingerprint density at radius 1 is 1.20 bits per heavy atom. The van der Waals surface area contributed by atoms with Crippen LogP contribution in [0.1, 0.15) is 23.1 Å². The maximum Gasteiger partial charge on any atom is 0.247 e. The van der Waals surface area contributed by atoms with Crippen molar-refractivity contribution in [2.24, 2.45) is 0 Å². The minimum absolute atomic E-state index is 0.240. The van der Waals surface area contributed by atoms with Crippen molar-refractivity contribution in [2.45, 2.75) is 6.04 Å². The Morgan fingerprint density at radius 2 is 2.08 bits per heavy atom. The lowest BCUT2D eigenvalue weighted by Crippen LogP contribution is -2.31. The zero-order chi connectivity index (χ0) is 17.6. The molecule has 0 bridgehead atoms. The zero-order valence-electron chi connectivity index (χ0n) is 13.7. The molecular formula is C20H17FN2O2. The number of pyridine rings is 1. The molecule has 0 spiro atoms. The molecule has 25 heavy (non-hydrogen) atoms. The summed E-state index contributed by atoms with van der Waals surface area (Å²) in [4.78, 5) is 18.5. The molecule has 0 saturated carbocycles. The summed E-state index contributed by atoms with van der Waals surface area (Å²) in [6, 6.07) is 14.7. The number of carbonyl (C=O) groups excluding carboxylic acids is 1. The average molecular weight is 336 g/mol. The first-order valence-electron chi connectivity index (χ1n) is 7.80. The number of halogens is 1. The number of hydrogen-bond acceptors (Lipinski definition) is 3. The molecule has 4 nitrogen and oxygen atoms in total. The molecule has 5 heteroatoms. The van der Waals surface area contributed by atoms with E-state index in [-0.39, 0.29) is 11.7 Å². The first-order chi connectivity index (χ1) is 12.1. The first kappa shape index (κ1) is 16.6. The molecule has 0 saturated heterocycles. The lowest BCUT2D eigenvalue weighted by molar-refractivity contribution is -0.126. The summed E-state index contributed by atoms with van der Waals surface area (Å²) in [5.41, 5.74) is 1.32. The van der Waals surface area contributed by atoms with Gasteiger partial charge < -0.3 is 9.32 Å². The molecule has 0 fully saturated rings. The van der Waals surface area contributed by atoms with Crippen molar-refractivity contribution in [3.8, 4) is 0 Å². The van der Waals surface area contributed by atoms with E-state index in [9.17, 15) is 9.18 Å². The van der Waals surface area contributed by atoms with Crippen molar-refractivity contribution in [1.29, 1.82) is 0 Å². The van der Waals surface area contributed by atoms with Crippen molar-refractivity contribution < 1.29 is 13.6 Å². The van der Waals surface area contributed by atoms with Crippen LogP contribution in [0.25, 0.3) is 6.08 Å². The SMILES string of the molecule is CN(C(=O)/C=C/c1ccco1)[C@H](c1cccc(F)c1)c1ccccn1. The van der Waals surface area contributed by atoms with Gasteiger partial charge in [0.1, 0.15) is 11.6 Å². The van der Waals surface area contributed by atoms with E-state index in [0.29, 0.717) is 17.0 Å². The zero-order valence-corrected chi connectivity index (χ0v) is 13.7. The van der Waals surface area contributed by atoms with Gasteiger partial charge in [0.05, 0.1) is 18.0 Å². The Hall–Kier alpha value is -3.21. The largest absolute Gasteiger partial charge is 0.465 e. The minimum atomic E-state index is -0.495. The third-order valence-corrected chi connectivity index (χ3v) is 3.80. The summed E-state index contributed by atoms with van der Waals surface area (Å²) in [7, 11) is 1.67. The molecule has 1 aromatic carbocycles. The molecule has 1 amide bonds. The highest BCUT2D eigenvalue weighted by atomic mass is 19.1. The molecule has 0 aliphatic carbocycles. The quantitative estimate of drug-likeness (QED) is 0.660. The molecule has 126 valence electrons. The van der Waals surface area contributed by atoms with E-state index >= 15 is 0 Å². The maximum atomic E-state index is 13.7. The van der Waals surface area contributed by atoms with Gasteiger partial charge in [0.25, 0.3) is 0 Å². The van der Waals surface area contributed by atoms with Crippen molar-refractivity contribution in [1.82, 2.24) is 9.88 Å². The highest BCUT2D eigenvalue weighted by Gasteiger charge is 2.23. The lowest BCUT2D eigenvalue weighted by atomic mass is 10.0. The Kier molecular flexibility index (Phi) is 5.04. The van der Waals surface area contributed by atoms with Gasteiger partial charge in [-0.3, -0.25) is 9.78 Å². The molecule has 2 heterocycles. The van der Waals surface area contributed by atoms with Gasteiger partial charge in [0.15, 0.2) is 0 Å². The van der Waals surface area contributed by atoms with Crippen LogP contribution < -0.4 is 0 Å². The predicted octanol–water partition coefficient (Wildman–Crippen LogP) is 4.07. The van der Waals surface area contributed by atoms with E-state index in [0.717, 1.165) is 0 Å². The molecule has 2 aromatic heterocycles. The van der Waals surface area contributed by atoms with Gasteiger partial charge in [-0.2, -0.15) is 0 Å². The van der Waals surface area contributed by atoms with E-state index in [4.69, 9.17) is 4.42 Å². The number of carbonyl (C=O) groups is 1. The van der Waals surface area contributed by atoms with Crippen LogP contribution in [0, 0.1) is 5.82 Å². The monoisotopic (exact) mass is 336 g/mol. The highest BCUT2D eigenvalue weighted by molar-refractivity contribution is 5.91. The Balaban J connectivity index is 1.92. The second-order valence-corrected chi connectivity index (χ2v) is 5.51. The van der Waals surface area contributed by atoms with Crippen LogP contribution in [0.3, 0.4) is 0 Å². The van der Waals surface area contributed by atoms with Gasteiger partial charge in [-0.05, 0) is 48.0 Å². The maximum absolute atomic E-state index is 13.7. The fourth-order valence-electron chi connectivity index (χ4n) is 2.59. The van der Waals surface area contributed by atoms with Gasteiger partial charge in [-0.15, -0.1) is 0 Å². The normalized spacial score (nSPS) is 12.2. The summed E-state index contributed by atoms with van der Waals surface area (Å²) in [6.07, 6.45) is 6.21. The van der Waals surface area contributed by atoms with E-state index in [1.807, 2.05) is 12.1 Å². The summed E-state index contributed by atoms with van der Waals surface area (Å²) >= 11 is 0. The highest BCUT2D eigenvalue weighted by Crippen LogP contribution is 2.27. The summed E-state index contributed by atoms with van der Waals surface area (Å²) in [6.45, 7) is 0. The van der Waals surface area contributed by atoms with Gasteiger partial charge >= 0.3 is 0 Å². The molecule has 0 N–H and O–H groups in total. The second kappa shape index (κ2) is 7.57. The number of furan rings is 1. The third-order valence-electron chi connectivity index (χ3n) is 3.80. The molecule has 0 radical (unpaired) electrons. The molecule has 0 aliphatic heterocycles. The Morgan fingerprint density at radius 3 is 2.76 bits per heavy atom. The Labute approximate surface area is 145 Å². The number of benzene rings is 1. The number of rotatable bonds is 5.